The molecule has 0 spiro atoms. The Hall–Kier alpha value is -1.02. The monoisotopic (exact) mass is 205 g/mol. The highest BCUT2D eigenvalue weighted by molar-refractivity contribution is 5.43. The van der Waals surface area contributed by atoms with E-state index in [9.17, 15) is 0 Å². The molecule has 2 rings (SSSR count). The van der Waals surface area contributed by atoms with E-state index in [0.29, 0.717) is 5.92 Å². The van der Waals surface area contributed by atoms with Crippen LogP contribution in [0.2, 0.25) is 0 Å². The van der Waals surface area contributed by atoms with Crippen LogP contribution in [0.5, 0.6) is 5.75 Å². The van der Waals surface area contributed by atoms with Gasteiger partial charge in [-0.1, -0.05) is 26.0 Å². The average Bonchev–Trinajstić information content (AvgIpc) is 2.96. The Labute approximate surface area is 91.4 Å². The van der Waals surface area contributed by atoms with Gasteiger partial charge in [-0.2, -0.15) is 0 Å². The van der Waals surface area contributed by atoms with Crippen LogP contribution in [0.4, 0.5) is 0 Å². The Kier molecular flexibility index (Phi) is 2.47. The molecule has 1 aliphatic rings. The first kappa shape index (κ1) is 10.5. The molecule has 1 aromatic carbocycles. The van der Waals surface area contributed by atoms with Crippen molar-refractivity contribution >= 4 is 0 Å². The van der Waals surface area contributed by atoms with Gasteiger partial charge in [0, 0.05) is 5.54 Å². The molecule has 1 fully saturated rings. The summed E-state index contributed by atoms with van der Waals surface area (Å²) in [5, 5.41) is 0. The molecule has 82 valence electrons. The Morgan fingerprint density at radius 2 is 2.00 bits per heavy atom. The van der Waals surface area contributed by atoms with Crippen molar-refractivity contribution in [1.29, 1.82) is 0 Å². The number of ether oxygens (including phenoxy) is 1. The van der Waals surface area contributed by atoms with Crippen molar-refractivity contribution in [2.75, 3.05) is 7.11 Å². The number of benzene rings is 1. The second-order valence-electron chi connectivity index (χ2n) is 4.77. The first-order valence-corrected chi connectivity index (χ1v) is 5.54. The molecule has 0 radical (unpaired) electrons. The zero-order valence-corrected chi connectivity index (χ0v) is 9.71. The Balaban J connectivity index is 2.38. The summed E-state index contributed by atoms with van der Waals surface area (Å²) in [6, 6.07) is 6.39. The van der Waals surface area contributed by atoms with E-state index >= 15 is 0 Å². The molecule has 2 heteroatoms. The number of nitrogens with two attached hydrogens (primary N) is 1. The number of hydrogen-bond donors (Lipinski definition) is 1. The van der Waals surface area contributed by atoms with E-state index in [-0.39, 0.29) is 5.54 Å². The highest BCUT2D eigenvalue weighted by Gasteiger charge is 2.40. The van der Waals surface area contributed by atoms with Gasteiger partial charge in [-0.3, -0.25) is 0 Å². The smallest absolute Gasteiger partial charge is 0.122 e. The van der Waals surface area contributed by atoms with Gasteiger partial charge in [-0.05, 0) is 36.0 Å². The van der Waals surface area contributed by atoms with Crippen molar-refractivity contribution in [2.45, 2.75) is 38.1 Å². The molecule has 1 aromatic rings. The van der Waals surface area contributed by atoms with Gasteiger partial charge in [0.15, 0.2) is 0 Å². The zero-order valence-electron chi connectivity index (χ0n) is 9.71. The molecular formula is C13H19NO. The lowest BCUT2D eigenvalue weighted by molar-refractivity contribution is 0.406. The van der Waals surface area contributed by atoms with E-state index in [1.165, 1.54) is 11.1 Å². The van der Waals surface area contributed by atoms with Crippen molar-refractivity contribution in [3.05, 3.63) is 29.3 Å². The van der Waals surface area contributed by atoms with Crippen LogP contribution in [0.25, 0.3) is 0 Å². The second-order valence-corrected chi connectivity index (χ2v) is 4.77. The van der Waals surface area contributed by atoms with Crippen molar-refractivity contribution < 1.29 is 4.74 Å². The number of hydrogen-bond acceptors (Lipinski definition) is 2. The first-order chi connectivity index (χ1) is 7.07. The van der Waals surface area contributed by atoms with Crippen molar-refractivity contribution in [2.24, 2.45) is 5.73 Å². The van der Waals surface area contributed by atoms with E-state index in [1.807, 2.05) is 0 Å². The molecule has 0 aliphatic heterocycles. The lowest BCUT2D eigenvalue weighted by Gasteiger charge is -2.16. The third-order valence-corrected chi connectivity index (χ3v) is 3.22. The predicted molar refractivity (Wildman–Crippen MR) is 62.2 cm³/mol. The normalized spacial score (nSPS) is 17.9. The third-order valence-electron chi connectivity index (χ3n) is 3.22. The molecule has 0 saturated heterocycles. The zero-order chi connectivity index (χ0) is 11.1. The number of methoxy groups -OCH3 is 1. The van der Waals surface area contributed by atoms with E-state index in [1.54, 1.807) is 7.11 Å². The molecule has 1 saturated carbocycles. The lowest BCUT2D eigenvalue weighted by Crippen LogP contribution is -2.18. The maximum absolute atomic E-state index is 6.16. The van der Waals surface area contributed by atoms with Gasteiger partial charge >= 0.3 is 0 Å². The molecule has 0 bridgehead atoms. The maximum atomic E-state index is 6.16. The van der Waals surface area contributed by atoms with Gasteiger partial charge in [0.1, 0.15) is 5.75 Å². The fourth-order valence-electron chi connectivity index (χ4n) is 1.92. The largest absolute Gasteiger partial charge is 0.496 e. The summed E-state index contributed by atoms with van der Waals surface area (Å²) in [7, 11) is 1.72. The highest BCUT2D eigenvalue weighted by Crippen LogP contribution is 2.44. The SMILES string of the molecule is COc1cc(C2(N)CC2)ccc1C(C)C. The predicted octanol–water partition coefficient (Wildman–Crippen LogP) is 2.77. The van der Waals surface area contributed by atoms with Crippen LogP contribution in [0.3, 0.4) is 0 Å². The van der Waals surface area contributed by atoms with Crippen molar-refractivity contribution in [3.8, 4) is 5.75 Å². The van der Waals surface area contributed by atoms with Crippen molar-refractivity contribution in [1.82, 2.24) is 0 Å². The average molecular weight is 205 g/mol. The summed E-state index contributed by atoms with van der Waals surface area (Å²) in [6.07, 6.45) is 2.19. The van der Waals surface area contributed by atoms with E-state index in [4.69, 9.17) is 10.5 Å². The summed E-state index contributed by atoms with van der Waals surface area (Å²) < 4.78 is 5.41. The maximum Gasteiger partial charge on any atom is 0.122 e. The topological polar surface area (TPSA) is 35.2 Å². The van der Waals surface area contributed by atoms with Gasteiger partial charge < -0.3 is 10.5 Å². The molecule has 1 aliphatic carbocycles. The van der Waals surface area contributed by atoms with Crippen LogP contribution in [0, 0.1) is 0 Å². The highest BCUT2D eigenvalue weighted by atomic mass is 16.5. The van der Waals surface area contributed by atoms with Crippen LogP contribution in [-0.2, 0) is 5.54 Å². The van der Waals surface area contributed by atoms with Crippen LogP contribution in [-0.4, -0.2) is 7.11 Å². The molecule has 0 amide bonds. The minimum Gasteiger partial charge on any atom is -0.496 e. The van der Waals surface area contributed by atoms with Gasteiger partial charge in [0.25, 0.3) is 0 Å². The van der Waals surface area contributed by atoms with E-state index in [2.05, 4.69) is 32.0 Å². The van der Waals surface area contributed by atoms with Gasteiger partial charge in [-0.15, -0.1) is 0 Å². The summed E-state index contributed by atoms with van der Waals surface area (Å²) in [5.41, 5.74) is 8.56. The summed E-state index contributed by atoms with van der Waals surface area (Å²) in [5.74, 6) is 1.46. The summed E-state index contributed by atoms with van der Waals surface area (Å²) >= 11 is 0. The first-order valence-electron chi connectivity index (χ1n) is 5.54. The molecule has 2 N–H and O–H groups in total. The van der Waals surface area contributed by atoms with Gasteiger partial charge in [0.05, 0.1) is 7.11 Å². The molecule has 15 heavy (non-hydrogen) atoms. The third kappa shape index (κ3) is 1.86. The minimum absolute atomic E-state index is 0.0667. The Bertz CT molecular complexity index is 367. The van der Waals surface area contributed by atoms with E-state index < -0.39 is 0 Å². The fourth-order valence-corrected chi connectivity index (χ4v) is 1.92. The number of rotatable bonds is 3. The lowest BCUT2D eigenvalue weighted by atomic mass is 9.97. The molecule has 0 heterocycles. The molecular weight excluding hydrogens is 186 g/mol. The molecule has 0 atom stereocenters. The Morgan fingerprint density at radius 3 is 2.47 bits per heavy atom. The molecule has 0 unspecified atom stereocenters. The molecule has 2 nitrogen and oxygen atoms in total. The van der Waals surface area contributed by atoms with Crippen molar-refractivity contribution in [3.63, 3.8) is 0 Å². The van der Waals surface area contributed by atoms with Gasteiger partial charge in [0.2, 0.25) is 0 Å². The van der Waals surface area contributed by atoms with Gasteiger partial charge in [-0.25, -0.2) is 0 Å². The summed E-state index contributed by atoms with van der Waals surface area (Å²) in [4.78, 5) is 0. The van der Waals surface area contributed by atoms with Crippen LogP contribution in [0.15, 0.2) is 18.2 Å². The standard InChI is InChI=1S/C13H19NO/c1-9(2)11-5-4-10(8-12(11)15-3)13(14)6-7-13/h4-5,8-9H,6-7,14H2,1-3H3. The fraction of sp³-hybridized carbons (Fsp3) is 0.538. The van der Waals surface area contributed by atoms with Crippen LogP contribution in [0.1, 0.15) is 43.7 Å². The quantitative estimate of drug-likeness (QED) is 0.823. The minimum atomic E-state index is -0.0667. The molecule has 0 aromatic heterocycles. The van der Waals surface area contributed by atoms with E-state index in [0.717, 1.165) is 18.6 Å². The second kappa shape index (κ2) is 3.53. The Morgan fingerprint density at radius 1 is 1.33 bits per heavy atom. The van der Waals surface area contributed by atoms with Crippen LogP contribution < -0.4 is 10.5 Å². The summed E-state index contributed by atoms with van der Waals surface area (Å²) in [6.45, 7) is 4.35. The van der Waals surface area contributed by atoms with Crippen LogP contribution >= 0.6 is 0 Å².